The summed E-state index contributed by atoms with van der Waals surface area (Å²) in [7, 11) is -3.26. The third-order valence-corrected chi connectivity index (χ3v) is 5.00. The van der Waals surface area contributed by atoms with E-state index in [4.69, 9.17) is 5.26 Å². The second-order valence-corrected chi connectivity index (χ2v) is 6.42. The van der Waals surface area contributed by atoms with Crippen LogP contribution in [0.1, 0.15) is 30.9 Å². The zero-order chi connectivity index (χ0) is 13.2. The smallest absolute Gasteiger partial charge is 0.212 e. The van der Waals surface area contributed by atoms with Gasteiger partial charge in [0.05, 0.1) is 17.4 Å². The molecule has 1 aromatic carbocycles. The summed E-state index contributed by atoms with van der Waals surface area (Å²) in [5.41, 5.74) is 1.17. The molecule has 5 heteroatoms. The molecule has 0 unspecified atom stereocenters. The van der Waals surface area contributed by atoms with Crippen molar-refractivity contribution in [1.29, 1.82) is 5.26 Å². The first-order valence-corrected chi connectivity index (χ1v) is 7.66. The monoisotopic (exact) mass is 264 g/mol. The molecular weight excluding hydrogens is 248 g/mol. The zero-order valence-corrected chi connectivity index (χ0v) is 11.2. The summed E-state index contributed by atoms with van der Waals surface area (Å²) in [4.78, 5) is 0. The first-order valence-electron chi connectivity index (χ1n) is 6.05. The number of rotatable bonds is 5. The third kappa shape index (κ3) is 2.89. The van der Waals surface area contributed by atoms with Crippen molar-refractivity contribution in [3.63, 3.8) is 0 Å². The van der Waals surface area contributed by atoms with Crippen molar-refractivity contribution in [3.8, 4) is 6.07 Å². The fraction of sp³-hybridized carbons (Fsp3) is 0.462. The molecule has 1 saturated carbocycles. The quantitative estimate of drug-likeness (QED) is 0.815. The number of hydrogen-bond acceptors (Lipinski definition) is 3. The molecule has 0 saturated heterocycles. The minimum Gasteiger partial charge on any atom is -0.212 e. The summed E-state index contributed by atoms with van der Waals surface area (Å²) in [6, 6.07) is 9.00. The Labute approximate surface area is 108 Å². The standard InChI is InChI=1S/C13H16N2O2S/c1-2-15(13-6-7-13)18(16,17)10-12-5-3-4-11(8-12)9-14/h3-5,8,13H,2,6-7,10H2,1H3. The molecule has 18 heavy (non-hydrogen) atoms. The van der Waals surface area contributed by atoms with E-state index < -0.39 is 10.0 Å². The molecular formula is C13H16N2O2S. The Bertz CT molecular complexity index is 571. The van der Waals surface area contributed by atoms with Crippen molar-refractivity contribution in [2.75, 3.05) is 6.54 Å². The van der Waals surface area contributed by atoms with Crippen LogP contribution in [0.15, 0.2) is 24.3 Å². The molecule has 0 N–H and O–H groups in total. The molecule has 0 atom stereocenters. The van der Waals surface area contributed by atoms with E-state index in [1.165, 1.54) is 0 Å². The second kappa shape index (κ2) is 5.09. The van der Waals surface area contributed by atoms with E-state index >= 15 is 0 Å². The highest BCUT2D eigenvalue weighted by Crippen LogP contribution is 2.30. The average Bonchev–Trinajstić information content (AvgIpc) is 3.13. The maximum Gasteiger partial charge on any atom is 0.218 e. The van der Waals surface area contributed by atoms with Crippen LogP contribution in [0.2, 0.25) is 0 Å². The normalized spacial score (nSPS) is 15.6. The summed E-state index contributed by atoms with van der Waals surface area (Å²) >= 11 is 0. The molecule has 0 amide bonds. The maximum absolute atomic E-state index is 12.3. The van der Waals surface area contributed by atoms with Crippen LogP contribution in [0.4, 0.5) is 0 Å². The van der Waals surface area contributed by atoms with E-state index in [9.17, 15) is 8.42 Å². The first-order chi connectivity index (χ1) is 8.56. The minimum atomic E-state index is -3.26. The van der Waals surface area contributed by atoms with Gasteiger partial charge in [0.2, 0.25) is 10.0 Å². The van der Waals surface area contributed by atoms with Crippen molar-refractivity contribution in [1.82, 2.24) is 4.31 Å². The fourth-order valence-electron chi connectivity index (χ4n) is 2.07. The first kappa shape index (κ1) is 13.1. The van der Waals surface area contributed by atoms with Gasteiger partial charge in [0.25, 0.3) is 0 Å². The molecule has 0 spiro atoms. The number of sulfonamides is 1. The largest absolute Gasteiger partial charge is 0.218 e. The van der Waals surface area contributed by atoms with Gasteiger partial charge in [-0.3, -0.25) is 0 Å². The van der Waals surface area contributed by atoms with Gasteiger partial charge in [-0.15, -0.1) is 0 Å². The van der Waals surface area contributed by atoms with E-state index in [0.717, 1.165) is 12.8 Å². The van der Waals surface area contributed by atoms with Crippen molar-refractivity contribution < 1.29 is 8.42 Å². The predicted molar refractivity (Wildman–Crippen MR) is 69.2 cm³/mol. The van der Waals surface area contributed by atoms with E-state index in [2.05, 4.69) is 0 Å². The van der Waals surface area contributed by atoms with Gasteiger partial charge >= 0.3 is 0 Å². The van der Waals surface area contributed by atoms with Crippen LogP contribution in [0, 0.1) is 11.3 Å². The van der Waals surface area contributed by atoms with Crippen LogP contribution < -0.4 is 0 Å². The molecule has 0 aliphatic heterocycles. The highest BCUT2D eigenvalue weighted by Gasteiger charge is 2.35. The Balaban J connectivity index is 2.18. The lowest BCUT2D eigenvalue weighted by molar-refractivity contribution is 0.420. The summed E-state index contributed by atoms with van der Waals surface area (Å²) in [5.74, 6) is -0.0210. The number of hydrogen-bond donors (Lipinski definition) is 0. The van der Waals surface area contributed by atoms with Crippen molar-refractivity contribution >= 4 is 10.0 Å². The van der Waals surface area contributed by atoms with Gasteiger partial charge in [0.1, 0.15) is 0 Å². The second-order valence-electron chi connectivity index (χ2n) is 4.50. The third-order valence-electron chi connectivity index (χ3n) is 3.03. The van der Waals surface area contributed by atoms with Crippen LogP contribution >= 0.6 is 0 Å². The van der Waals surface area contributed by atoms with Crippen molar-refractivity contribution in [2.24, 2.45) is 0 Å². The van der Waals surface area contributed by atoms with Crippen LogP contribution in [-0.4, -0.2) is 25.3 Å². The van der Waals surface area contributed by atoms with Crippen LogP contribution in [-0.2, 0) is 15.8 Å². The maximum atomic E-state index is 12.3. The Kier molecular flexibility index (Phi) is 3.69. The predicted octanol–water partition coefficient (Wildman–Crippen LogP) is 1.87. The Morgan fingerprint density at radius 1 is 1.44 bits per heavy atom. The van der Waals surface area contributed by atoms with E-state index in [1.54, 1.807) is 28.6 Å². The van der Waals surface area contributed by atoms with E-state index in [0.29, 0.717) is 17.7 Å². The molecule has 96 valence electrons. The Hall–Kier alpha value is -1.38. The topological polar surface area (TPSA) is 61.2 Å². The SMILES string of the molecule is CCN(C1CC1)S(=O)(=O)Cc1cccc(C#N)c1. The Morgan fingerprint density at radius 3 is 2.72 bits per heavy atom. The molecule has 2 rings (SSSR count). The van der Waals surface area contributed by atoms with Gasteiger partial charge in [-0.25, -0.2) is 8.42 Å². The molecule has 0 bridgehead atoms. The molecule has 1 aromatic rings. The van der Waals surface area contributed by atoms with E-state index in [-0.39, 0.29) is 11.8 Å². The molecule has 4 nitrogen and oxygen atoms in total. The average molecular weight is 264 g/mol. The molecule has 0 aromatic heterocycles. The lowest BCUT2D eigenvalue weighted by Crippen LogP contribution is -2.33. The minimum absolute atomic E-state index is 0.0210. The van der Waals surface area contributed by atoms with Crippen LogP contribution in [0.3, 0.4) is 0 Å². The van der Waals surface area contributed by atoms with Gasteiger partial charge in [-0.1, -0.05) is 19.1 Å². The zero-order valence-electron chi connectivity index (χ0n) is 10.3. The molecule has 1 aliphatic rings. The molecule has 1 aliphatic carbocycles. The highest BCUT2D eigenvalue weighted by molar-refractivity contribution is 7.88. The van der Waals surface area contributed by atoms with Crippen LogP contribution in [0.5, 0.6) is 0 Å². The number of nitrogens with zero attached hydrogens (tertiary/aromatic N) is 2. The van der Waals surface area contributed by atoms with E-state index in [1.807, 2.05) is 13.0 Å². The van der Waals surface area contributed by atoms with Gasteiger partial charge in [0, 0.05) is 12.6 Å². The lowest BCUT2D eigenvalue weighted by atomic mass is 10.2. The van der Waals surface area contributed by atoms with Gasteiger partial charge in [-0.2, -0.15) is 9.57 Å². The van der Waals surface area contributed by atoms with Crippen molar-refractivity contribution in [3.05, 3.63) is 35.4 Å². The van der Waals surface area contributed by atoms with Gasteiger partial charge < -0.3 is 0 Å². The summed E-state index contributed by atoms with van der Waals surface area (Å²) in [5, 5.41) is 8.80. The Morgan fingerprint density at radius 2 is 2.17 bits per heavy atom. The molecule has 0 radical (unpaired) electrons. The summed E-state index contributed by atoms with van der Waals surface area (Å²) < 4.78 is 26.1. The molecule has 1 fully saturated rings. The number of nitriles is 1. The fourth-order valence-corrected chi connectivity index (χ4v) is 3.89. The lowest BCUT2D eigenvalue weighted by Gasteiger charge is -2.19. The summed E-state index contributed by atoms with van der Waals surface area (Å²) in [6.07, 6.45) is 1.93. The number of benzene rings is 1. The summed E-state index contributed by atoms with van der Waals surface area (Å²) in [6.45, 7) is 2.38. The van der Waals surface area contributed by atoms with Gasteiger partial charge in [-0.05, 0) is 30.5 Å². The van der Waals surface area contributed by atoms with Crippen molar-refractivity contribution in [2.45, 2.75) is 31.6 Å². The van der Waals surface area contributed by atoms with Gasteiger partial charge in [0.15, 0.2) is 0 Å². The molecule has 0 heterocycles. The highest BCUT2D eigenvalue weighted by atomic mass is 32.2. The van der Waals surface area contributed by atoms with Crippen LogP contribution in [0.25, 0.3) is 0 Å².